The first kappa shape index (κ1) is 12.7. The second kappa shape index (κ2) is 5.71. The summed E-state index contributed by atoms with van der Waals surface area (Å²) in [5, 5.41) is 4.13. The van der Waals surface area contributed by atoms with Crippen molar-refractivity contribution in [3.63, 3.8) is 0 Å². The van der Waals surface area contributed by atoms with Crippen molar-refractivity contribution in [1.29, 1.82) is 0 Å². The molecule has 0 unspecified atom stereocenters. The minimum absolute atomic E-state index is 0.0333. The molecule has 0 aliphatic carbocycles. The van der Waals surface area contributed by atoms with Crippen LogP contribution in [0.3, 0.4) is 0 Å². The summed E-state index contributed by atoms with van der Waals surface area (Å²) in [5.41, 5.74) is 0. The van der Waals surface area contributed by atoms with Crippen LogP contribution >= 0.6 is 23.2 Å². The highest BCUT2D eigenvalue weighted by Gasteiger charge is 2.22. The Morgan fingerprint density at radius 2 is 1.76 bits per heavy atom. The molecule has 1 fully saturated rings. The number of halogens is 2. The zero-order chi connectivity index (χ0) is 12.3. The zero-order valence-electron chi connectivity index (χ0n) is 9.21. The predicted octanol–water partition coefficient (Wildman–Crippen LogP) is 2.90. The van der Waals surface area contributed by atoms with Crippen molar-refractivity contribution < 1.29 is 9.53 Å². The summed E-state index contributed by atoms with van der Waals surface area (Å²) >= 11 is 11.7. The maximum atomic E-state index is 11.9. The first-order chi connectivity index (χ1) is 8.15. The summed E-state index contributed by atoms with van der Waals surface area (Å²) in [7, 11) is 0. The lowest BCUT2D eigenvalue weighted by Crippen LogP contribution is -2.33. The number of benzene rings is 1. The number of carbonyl (C=O) groups excluding carboxylic acids is 1. The Kier molecular flexibility index (Phi) is 4.26. The third-order valence-electron chi connectivity index (χ3n) is 2.73. The van der Waals surface area contributed by atoms with E-state index in [2.05, 4.69) is 5.32 Å². The molecule has 1 aliphatic heterocycles. The van der Waals surface area contributed by atoms with E-state index in [0.29, 0.717) is 15.8 Å². The van der Waals surface area contributed by atoms with Gasteiger partial charge in [-0.15, -0.1) is 0 Å². The summed E-state index contributed by atoms with van der Waals surface area (Å²) < 4.78 is 5.28. The maximum absolute atomic E-state index is 11.9. The number of rotatable bonds is 2. The molecule has 0 atom stereocenters. The van der Waals surface area contributed by atoms with Gasteiger partial charge in [-0.3, -0.25) is 4.79 Å². The number of piperidine rings is 1. The summed E-state index contributed by atoms with van der Waals surface area (Å²) in [4.78, 5) is 11.9. The van der Waals surface area contributed by atoms with Crippen molar-refractivity contribution in [2.75, 3.05) is 13.1 Å². The predicted molar refractivity (Wildman–Crippen MR) is 67.7 cm³/mol. The van der Waals surface area contributed by atoms with E-state index in [1.54, 1.807) is 18.2 Å². The van der Waals surface area contributed by atoms with Crippen molar-refractivity contribution in [3.8, 4) is 5.75 Å². The lowest BCUT2D eigenvalue weighted by molar-refractivity contribution is -0.139. The number of hydrogen-bond acceptors (Lipinski definition) is 3. The van der Waals surface area contributed by atoms with Crippen molar-refractivity contribution >= 4 is 29.2 Å². The van der Waals surface area contributed by atoms with E-state index in [4.69, 9.17) is 27.9 Å². The Labute approximate surface area is 110 Å². The van der Waals surface area contributed by atoms with Gasteiger partial charge >= 0.3 is 5.97 Å². The van der Waals surface area contributed by atoms with Crippen LogP contribution in [0.2, 0.25) is 10.0 Å². The molecule has 0 saturated carbocycles. The molecular formula is C12H13Cl2NO2. The highest BCUT2D eigenvalue weighted by Crippen LogP contribution is 2.25. The lowest BCUT2D eigenvalue weighted by atomic mass is 9.98. The first-order valence-electron chi connectivity index (χ1n) is 5.53. The highest BCUT2D eigenvalue weighted by molar-refractivity contribution is 6.34. The number of carbonyl (C=O) groups is 1. The van der Waals surface area contributed by atoms with Crippen LogP contribution in [0.5, 0.6) is 5.75 Å². The molecule has 17 heavy (non-hydrogen) atoms. The molecule has 92 valence electrons. The van der Waals surface area contributed by atoms with Crippen molar-refractivity contribution in [2.45, 2.75) is 12.8 Å². The Balaban J connectivity index is 2.01. The molecule has 1 aliphatic rings. The average Bonchev–Trinajstić information content (AvgIpc) is 2.28. The average molecular weight is 274 g/mol. The van der Waals surface area contributed by atoms with E-state index in [1.807, 2.05) is 0 Å². The van der Waals surface area contributed by atoms with Crippen LogP contribution in [0, 0.1) is 5.92 Å². The fraction of sp³-hybridized carbons (Fsp3) is 0.417. The van der Waals surface area contributed by atoms with Crippen LogP contribution in [-0.4, -0.2) is 19.1 Å². The van der Waals surface area contributed by atoms with Crippen LogP contribution in [-0.2, 0) is 4.79 Å². The SMILES string of the molecule is O=C(Oc1cc(Cl)cc(Cl)c1)C1CCNCC1. The lowest BCUT2D eigenvalue weighted by Gasteiger charge is -2.20. The molecule has 5 heteroatoms. The van der Waals surface area contributed by atoms with Crippen molar-refractivity contribution in [3.05, 3.63) is 28.2 Å². The Morgan fingerprint density at radius 1 is 1.18 bits per heavy atom. The number of esters is 1. The summed E-state index contributed by atoms with van der Waals surface area (Å²) in [6, 6.07) is 4.78. The Hall–Kier alpha value is -0.770. The minimum Gasteiger partial charge on any atom is -0.426 e. The van der Waals surface area contributed by atoms with Crippen LogP contribution in [0.4, 0.5) is 0 Å². The molecule has 1 saturated heterocycles. The third-order valence-corrected chi connectivity index (χ3v) is 3.16. The molecule has 1 aromatic carbocycles. The molecular weight excluding hydrogens is 261 g/mol. The van der Waals surface area contributed by atoms with E-state index in [1.165, 1.54) is 0 Å². The number of nitrogens with one attached hydrogen (secondary N) is 1. The second-order valence-corrected chi connectivity index (χ2v) is 4.92. The van der Waals surface area contributed by atoms with Gasteiger partial charge in [-0.2, -0.15) is 0 Å². The van der Waals surface area contributed by atoms with E-state index >= 15 is 0 Å². The monoisotopic (exact) mass is 273 g/mol. The van der Waals surface area contributed by atoms with Gasteiger partial charge in [-0.1, -0.05) is 23.2 Å². The van der Waals surface area contributed by atoms with Gasteiger partial charge in [0.25, 0.3) is 0 Å². The molecule has 0 radical (unpaired) electrons. The topological polar surface area (TPSA) is 38.3 Å². The zero-order valence-corrected chi connectivity index (χ0v) is 10.7. The van der Waals surface area contributed by atoms with Crippen LogP contribution in [0.1, 0.15) is 12.8 Å². The largest absolute Gasteiger partial charge is 0.426 e. The van der Waals surface area contributed by atoms with Gasteiger partial charge in [0.2, 0.25) is 0 Å². The smallest absolute Gasteiger partial charge is 0.314 e. The Morgan fingerprint density at radius 3 is 2.35 bits per heavy atom. The van der Waals surface area contributed by atoms with Crippen LogP contribution in [0.25, 0.3) is 0 Å². The second-order valence-electron chi connectivity index (χ2n) is 4.05. The fourth-order valence-electron chi connectivity index (χ4n) is 1.84. The van der Waals surface area contributed by atoms with E-state index in [0.717, 1.165) is 25.9 Å². The molecule has 0 spiro atoms. The van der Waals surface area contributed by atoms with Gasteiger partial charge in [0, 0.05) is 10.0 Å². The van der Waals surface area contributed by atoms with Crippen LogP contribution < -0.4 is 10.1 Å². The first-order valence-corrected chi connectivity index (χ1v) is 6.29. The van der Waals surface area contributed by atoms with Gasteiger partial charge in [0.1, 0.15) is 5.75 Å². The van der Waals surface area contributed by atoms with Gasteiger partial charge in [0.05, 0.1) is 5.92 Å². The summed E-state index contributed by atoms with van der Waals surface area (Å²) in [5.74, 6) is 0.171. The fourth-order valence-corrected chi connectivity index (χ4v) is 2.35. The highest BCUT2D eigenvalue weighted by atomic mass is 35.5. The molecule has 1 aromatic rings. The van der Waals surface area contributed by atoms with E-state index in [-0.39, 0.29) is 11.9 Å². The van der Waals surface area contributed by atoms with Crippen LogP contribution in [0.15, 0.2) is 18.2 Å². The van der Waals surface area contributed by atoms with Gasteiger partial charge in [-0.05, 0) is 44.1 Å². The molecule has 1 heterocycles. The molecule has 2 rings (SSSR count). The van der Waals surface area contributed by atoms with E-state index < -0.39 is 0 Å². The Bertz CT molecular complexity index is 397. The molecule has 1 N–H and O–H groups in total. The third kappa shape index (κ3) is 3.60. The maximum Gasteiger partial charge on any atom is 0.314 e. The number of ether oxygens (including phenoxy) is 1. The molecule has 3 nitrogen and oxygen atoms in total. The van der Waals surface area contributed by atoms with Gasteiger partial charge in [0.15, 0.2) is 0 Å². The summed E-state index contributed by atoms with van der Waals surface area (Å²) in [6.07, 6.45) is 1.63. The van der Waals surface area contributed by atoms with E-state index in [9.17, 15) is 4.79 Å². The molecule has 0 bridgehead atoms. The number of hydrogen-bond donors (Lipinski definition) is 1. The van der Waals surface area contributed by atoms with Gasteiger partial charge < -0.3 is 10.1 Å². The molecule has 0 amide bonds. The minimum atomic E-state index is -0.204. The van der Waals surface area contributed by atoms with Crippen molar-refractivity contribution in [1.82, 2.24) is 5.32 Å². The summed E-state index contributed by atoms with van der Waals surface area (Å²) in [6.45, 7) is 1.71. The standard InChI is InChI=1S/C12H13Cl2NO2/c13-9-5-10(14)7-11(6-9)17-12(16)8-1-3-15-4-2-8/h5-8,15H,1-4H2. The van der Waals surface area contributed by atoms with Gasteiger partial charge in [-0.25, -0.2) is 0 Å². The quantitative estimate of drug-likeness (QED) is 0.665. The molecule has 0 aromatic heterocycles. The normalized spacial score (nSPS) is 16.8. The van der Waals surface area contributed by atoms with Crippen molar-refractivity contribution in [2.24, 2.45) is 5.92 Å².